The third-order valence-corrected chi connectivity index (χ3v) is 7.57. The van der Waals surface area contributed by atoms with Gasteiger partial charge in [0.15, 0.2) is 0 Å². The standard InChI is InChI=1S/C16H23NO2S2/c1-12-14(17)3-2-4-15(12)21(18)13-5-8-19-16(11-13)6-9-20-10-7-16/h2-4,13H,5-11,17H2,1H3. The van der Waals surface area contributed by atoms with Crippen LogP contribution in [0.15, 0.2) is 23.1 Å². The van der Waals surface area contributed by atoms with Crippen molar-refractivity contribution in [3.8, 4) is 0 Å². The van der Waals surface area contributed by atoms with E-state index in [0.717, 1.165) is 59.9 Å². The lowest BCUT2D eigenvalue weighted by molar-refractivity contribution is -0.0809. The molecule has 0 aliphatic carbocycles. The van der Waals surface area contributed by atoms with Gasteiger partial charge in [0.2, 0.25) is 0 Å². The predicted octanol–water partition coefficient (Wildman–Crippen LogP) is 3.13. The highest BCUT2D eigenvalue weighted by molar-refractivity contribution is 7.99. The van der Waals surface area contributed by atoms with Gasteiger partial charge < -0.3 is 10.5 Å². The van der Waals surface area contributed by atoms with E-state index >= 15 is 0 Å². The van der Waals surface area contributed by atoms with E-state index in [1.165, 1.54) is 0 Å². The molecule has 1 spiro atoms. The molecule has 2 aliphatic rings. The molecule has 3 nitrogen and oxygen atoms in total. The summed E-state index contributed by atoms with van der Waals surface area (Å²) in [5.74, 6) is 2.33. The zero-order chi connectivity index (χ0) is 14.9. The van der Waals surface area contributed by atoms with Crippen molar-refractivity contribution in [1.82, 2.24) is 0 Å². The molecule has 0 radical (unpaired) electrons. The summed E-state index contributed by atoms with van der Waals surface area (Å²) in [6.45, 7) is 2.71. The van der Waals surface area contributed by atoms with Crippen LogP contribution in [-0.4, -0.2) is 33.2 Å². The average Bonchev–Trinajstić information content (AvgIpc) is 2.50. The van der Waals surface area contributed by atoms with Crippen molar-refractivity contribution in [3.05, 3.63) is 23.8 Å². The molecule has 0 saturated carbocycles. The van der Waals surface area contributed by atoms with Crippen LogP contribution in [0, 0.1) is 6.92 Å². The lowest BCUT2D eigenvalue weighted by atomic mass is 9.88. The second kappa shape index (κ2) is 6.31. The van der Waals surface area contributed by atoms with Crippen molar-refractivity contribution in [1.29, 1.82) is 0 Å². The SMILES string of the molecule is Cc1c(N)cccc1S(=O)C1CCOC2(CCSCC2)C1. The number of benzene rings is 1. The van der Waals surface area contributed by atoms with Gasteiger partial charge in [-0.2, -0.15) is 11.8 Å². The molecule has 2 atom stereocenters. The van der Waals surface area contributed by atoms with Gasteiger partial charge in [-0.05, 0) is 61.8 Å². The predicted molar refractivity (Wildman–Crippen MR) is 90.3 cm³/mol. The van der Waals surface area contributed by atoms with E-state index in [0.29, 0.717) is 0 Å². The van der Waals surface area contributed by atoms with Gasteiger partial charge in [0.05, 0.1) is 16.4 Å². The van der Waals surface area contributed by atoms with Crippen LogP contribution in [0.4, 0.5) is 5.69 Å². The maximum atomic E-state index is 13.0. The van der Waals surface area contributed by atoms with Crippen molar-refractivity contribution >= 4 is 28.2 Å². The highest BCUT2D eigenvalue weighted by Crippen LogP contribution is 2.40. The first-order valence-corrected chi connectivity index (χ1v) is 9.95. The molecule has 0 amide bonds. The Kier molecular flexibility index (Phi) is 4.62. The molecular formula is C16H23NO2S2. The fourth-order valence-corrected chi connectivity index (χ4v) is 6.28. The van der Waals surface area contributed by atoms with E-state index in [4.69, 9.17) is 10.5 Å². The van der Waals surface area contributed by atoms with E-state index < -0.39 is 10.8 Å². The van der Waals surface area contributed by atoms with Gasteiger partial charge in [0.25, 0.3) is 0 Å². The van der Waals surface area contributed by atoms with Gasteiger partial charge in [0.1, 0.15) is 0 Å². The Labute approximate surface area is 133 Å². The minimum absolute atomic E-state index is 0.0158. The molecule has 5 heteroatoms. The Bertz CT molecular complexity index is 536. The van der Waals surface area contributed by atoms with Crippen LogP contribution >= 0.6 is 11.8 Å². The van der Waals surface area contributed by atoms with Crippen LogP contribution in [0.5, 0.6) is 0 Å². The Morgan fingerprint density at radius 3 is 2.90 bits per heavy atom. The largest absolute Gasteiger partial charge is 0.398 e. The molecule has 3 rings (SSSR count). The number of rotatable bonds is 2. The summed E-state index contributed by atoms with van der Waals surface area (Å²) >= 11 is 2.00. The molecule has 1 aromatic carbocycles. The highest BCUT2D eigenvalue weighted by atomic mass is 32.2. The number of ether oxygens (including phenoxy) is 1. The number of hydrogen-bond acceptors (Lipinski definition) is 4. The second-order valence-corrected chi connectivity index (χ2v) is 8.95. The third kappa shape index (κ3) is 3.15. The van der Waals surface area contributed by atoms with Gasteiger partial charge in [-0.25, -0.2) is 0 Å². The fourth-order valence-electron chi connectivity index (χ4n) is 3.29. The van der Waals surface area contributed by atoms with Gasteiger partial charge in [0, 0.05) is 22.4 Å². The lowest BCUT2D eigenvalue weighted by Gasteiger charge is -2.43. The number of nitrogens with two attached hydrogens (primary N) is 1. The highest BCUT2D eigenvalue weighted by Gasteiger charge is 2.40. The number of anilines is 1. The van der Waals surface area contributed by atoms with Gasteiger partial charge in [-0.15, -0.1) is 0 Å². The van der Waals surface area contributed by atoms with Crippen LogP contribution in [0.25, 0.3) is 0 Å². The second-order valence-electron chi connectivity index (χ2n) is 6.03. The van der Waals surface area contributed by atoms with E-state index in [1.807, 2.05) is 36.9 Å². The zero-order valence-electron chi connectivity index (χ0n) is 12.5. The van der Waals surface area contributed by atoms with Crippen molar-refractivity contribution in [2.24, 2.45) is 0 Å². The molecule has 2 N–H and O–H groups in total. The van der Waals surface area contributed by atoms with Crippen molar-refractivity contribution in [3.63, 3.8) is 0 Å². The molecule has 2 fully saturated rings. The quantitative estimate of drug-likeness (QED) is 0.849. The Balaban J connectivity index is 1.79. The van der Waals surface area contributed by atoms with E-state index in [2.05, 4.69) is 0 Å². The molecule has 2 heterocycles. The molecule has 0 bridgehead atoms. The average molecular weight is 325 g/mol. The summed E-state index contributed by atoms with van der Waals surface area (Å²) in [6, 6.07) is 5.74. The van der Waals surface area contributed by atoms with Crippen molar-refractivity contribution < 1.29 is 8.95 Å². The number of thioether (sulfide) groups is 1. The molecule has 2 saturated heterocycles. The third-order valence-electron chi connectivity index (χ3n) is 4.70. The van der Waals surface area contributed by atoms with E-state index in [1.54, 1.807) is 0 Å². The Morgan fingerprint density at radius 1 is 1.38 bits per heavy atom. The van der Waals surface area contributed by atoms with Crippen LogP contribution < -0.4 is 5.73 Å². The first-order valence-electron chi connectivity index (χ1n) is 7.59. The fraction of sp³-hybridized carbons (Fsp3) is 0.625. The summed E-state index contributed by atoms with van der Waals surface area (Å²) < 4.78 is 19.1. The monoisotopic (exact) mass is 325 g/mol. The molecule has 2 unspecified atom stereocenters. The molecular weight excluding hydrogens is 302 g/mol. The smallest absolute Gasteiger partial charge is 0.0709 e. The van der Waals surface area contributed by atoms with E-state index in [9.17, 15) is 4.21 Å². The van der Waals surface area contributed by atoms with Crippen LogP contribution in [0.3, 0.4) is 0 Å². The maximum absolute atomic E-state index is 13.0. The Morgan fingerprint density at radius 2 is 2.14 bits per heavy atom. The van der Waals surface area contributed by atoms with Gasteiger partial charge in [-0.3, -0.25) is 4.21 Å². The first-order chi connectivity index (χ1) is 10.1. The minimum Gasteiger partial charge on any atom is -0.398 e. The maximum Gasteiger partial charge on any atom is 0.0709 e. The summed E-state index contributed by atoms with van der Waals surface area (Å²) in [5, 5.41) is 0.197. The van der Waals surface area contributed by atoms with Crippen molar-refractivity contribution in [2.45, 2.75) is 48.4 Å². The van der Waals surface area contributed by atoms with E-state index in [-0.39, 0.29) is 10.9 Å². The van der Waals surface area contributed by atoms with Gasteiger partial charge in [-0.1, -0.05) is 6.07 Å². The first kappa shape index (κ1) is 15.4. The topological polar surface area (TPSA) is 52.3 Å². The zero-order valence-corrected chi connectivity index (χ0v) is 14.1. The van der Waals surface area contributed by atoms with Crippen molar-refractivity contribution in [2.75, 3.05) is 23.8 Å². The number of hydrogen-bond donors (Lipinski definition) is 1. The molecule has 21 heavy (non-hydrogen) atoms. The molecule has 0 aromatic heterocycles. The summed E-state index contributed by atoms with van der Waals surface area (Å²) in [4.78, 5) is 0.905. The molecule has 116 valence electrons. The summed E-state index contributed by atoms with van der Waals surface area (Å²) in [6.07, 6.45) is 4.01. The Hall–Kier alpha value is -0.520. The number of nitrogen functional groups attached to an aromatic ring is 1. The minimum atomic E-state index is -0.986. The van der Waals surface area contributed by atoms with Gasteiger partial charge >= 0.3 is 0 Å². The molecule has 2 aliphatic heterocycles. The molecule has 1 aromatic rings. The van der Waals surface area contributed by atoms with Crippen LogP contribution in [0.1, 0.15) is 31.2 Å². The lowest BCUT2D eigenvalue weighted by Crippen LogP contribution is -2.45. The van der Waals surface area contributed by atoms with Crippen LogP contribution in [0.2, 0.25) is 0 Å². The van der Waals surface area contributed by atoms with Crippen LogP contribution in [-0.2, 0) is 15.5 Å². The summed E-state index contributed by atoms with van der Waals surface area (Å²) in [5.41, 5.74) is 7.65. The summed E-state index contributed by atoms with van der Waals surface area (Å²) in [7, 11) is -0.986. The normalized spacial score (nSPS) is 26.6.